The molecule has 3 N–H and O–H groups in total. The molecule has 21 heavy (non-hydrogen) atoms. The maximum atomic E-state index is 5.93. The molecule has 2 rings (SSSR count). The first-order valence-electron chi connectivity index (χ1n) is 7.27. The molecule has 0 unspecified atom stereocenters. The van der Waals surface area contributed by atoms with Crippen LogP contribution in [0.1, 0.15) is 38.3 Å². The van der Waals surface area contributed by atoms with E-state index in [4.69, 9.17) is 5.73 Å². The van der Waals surface area contributed by atoms with Crippen molar-refractivity contribution in [3.05, 3.63) is 29.3 Å². The molecule has 0 bridgehead atoms. The molecule has 0 aromatic heterocycles. The normalized spacial score (nSPS) is 14.5. The van der Waals surface area contributed by atoms with E-state index in [2.05, 4.69) is 49.3 Å². The predicted molar refractivity (Wildman–Crippen MR) is 106 cm³/mol. The van der Waals surface area contributed by atoms with Crippen LogP contribution < -0.4 is 11.1 Å². The van der Waals surface area contributed by atoms with Crippen molar-refractivity contribution in [1.82, 2.24) is 0 Å². The number of halogens is 1. The zero-order valence-corrected chi connectivity index (χ0v) is 16.3. The summed E-state index contributed by atoms with van der Waals surface area (Å²) in [5.41, 5.74) is 9.91. The Kier molecular flexibility index (Phi) is 7.33. The summed E-state index contributed by atoms with van der Waals surface area (Å²) in [5, 5.41) is 3.19. The van der Waals surface area contributed by atoms with Gasteiger partial charge in [0.05, 0.1) is 6.54 Å². The topological polar surface area (TPSA) is 50.4 Å². The lowest BCUT2D eigenvalue weighted by Gasteiger charge is -2.16. The number of nitrogens with two attached hydrogens (primary N) is 1. The molecule has 0 saturated heterocycles. The second-order valence-electron chi connectivity index (χ2n) is 6.19. The van der Waals surface area contributed by atoms with E-state index in [1.54, 1.807) is 0 Å². The van der Waals surface area contributed by atoms with Crippen molar-refractivity contribution in [3.63, 3.8) is 0 Å². The van der Waals surface area contributed by atoms with Crippen molar-refractivity contribution in [2.75, 3.05) is 17.6 Å². The van der Waals surface area contributed by atoms with Gasteiger partial charge in [0, 0.05) is 16.2 Å². The minimum Gasteiger partial charge on any atom is -0.370 e. The van der Waals surface area contributed by atoms with E-state index in [-0.39, 0.29) is 28.7 Å². The first kappa shape index (κ1) is 18.6. The van der Waals surface area contributed by atoms with Gasteiger partial charge in [-0.1, -0.05) is 26.8 Å². The third-order valence-electron chi connectivity index (χ3n) is 3.28. The first-order chi connectivity index (χ1) is 9.44. The number of rotatable bonds is 4. The number of benzene rings is 1. The summed E-state index contributed by atoms with van der Waals surface area (Å²) in [6.45, 7) is 7.40. The number of thioether (sulfide) groups is 1. The van der Waals surface area contributed by atoms with Gasteiger partial charge in [-0.2, -0.15) is 11.8 Å². The third-order valence-corrected chi connectivity index (χ3v) is 4.53. The highest BCUT2D eigenvalue weighted by Crippen LogP contribution is 2.25. The van der Waals surface area contributed by atoms with Crippen LogP contribution in [-0.4, -0.2) is 23.0 Å². The Morgan fingerprint density at radius 3 is 2.71 bits per heavy atom. The fraction of sp³-hybridized carbons (Fsp3) is 0.562. The lowest BCUT2D eigenvalue weighted by atomic mass is 10.1. The van der Waals surface area contributed by atoms with Crippen LogP contribution in [0.2, 0.25) is 0 Å². The molecule has 0 radical (unpaired) electrons. The van der Waals surface area contributed by atoms with E-state index in [1.165, 1.54) is 30.4 Å². The highest BCUT2D eigenvalue weighted by Gasteiger charge is 2.11. The summed E-state index contributed by atoms with van der Waals surface area (Å²) in [7, 11) is 0. The SMILES string of the molecule is CC(C)(C)SCCN=C(N)Nc1ccc2c(c1)CCC2.I. The number of anilines is 1. The number of aryl methyl sites for hydroxylation is 2. The zero-order chi connectivity index (χ0) is 14.6. The standard InChI is InChI=1S/C16H25N3S.HI/c1-16(2,3)20-10-9-18-15(17)19-14-8-7-12-5-4-6-13(12)11-14;/h7-8,11H,4-6,9-10H2,1-3H3,(H3,17,18,19);1H. The molecule has 3 nitrogen and oxygen atoms in total. The van der Waals surface area contributed by atoms with Gasteiger partial charge in [0.1, 0.15) is 0 Å². The van der Waals surface area contributed by atoms with E-state index in [0.717, 1.165) is 18.0 Å². The van der Waals surface area contributed by atoms with Crippen molar-refractivity contribution in [1.29, 1.82) is 0 Å². The largest absolute Gasteiger partial charge is 0.370 e. The average molecular weight is 419 g/mol. The molecule has 1 aromatic rings. The zero-order valence-electron chi connectivity index (χ0n) is 13.1. The van der Waals surface area contributed by atoms with Crippen LogP contribution in [-0.2, 0) is 12.8 Å². The van der Waals surface area contributed by atoms with E-state index in [1.807, 2.05) is 11.8 Å². The smallest absolute Gasteiger partial charge is 0.193 e. The molecular weight excluding hydrogens is 393 g/mol. The fourth-order valence-electron chi connectivity index (χ4n) is 2.35. The number of fused-ring (bicyclic) bond motifs is 1. The molecule has 0 saturated carbocycles. The van der Waals surface area contributed by atoms with Gasteiger partial charge < -0.3 is 11.1 Å². The van der Waals surface area contributed by atoms with E-state index >= 15 is 0 Å². The summed E-state index contributed by atoms with van der Waals surface area (Å²) < 4.78 is 0.289. The summed E-state index contributed by atoms with van der Waals surface area (Å²) in [6.07, 6.45) is 3.67. The number of nitrogens with zero attached hydrogens (tertiary/aromatic N) is 1. The van der Waals surface area contributed by atoms with Crippen LogP contribution >= 0.6 is 35.7 Å². The van der Waals surface area contributed by atoms with Crippen molar-refractivity contribution >= 4 is 47.4 Å². The second-order valence-corrected chi connectivity index (χ2v) is 8.11. The van der Waals surface area contributed by atoms with Gasteiger partial charge in [0.25, 0.3) is 0 Å². The minimum absolute atomic E-state index is 0. The summed E-state index contributed by atoms with van der Waals surface area (Å²) in [6, 6.07) is 6.50. The molecule has 0 spiro atoms. The fourth-order valence-corrected chi connectivity index (χ4v) is 3.15. The van der Waals surface area contributed by atoms with Gasteiger partial charge >= 0.3 is 0 Å². The van der Waals surface area contributed by atoms with Gasteiger partial charge in [-0.3, -0.25) is 4.99 Å². The number of guanidine groups is 1. The van der Waals surface area contributed by atoms with Gasteiger partial charge in [-0.15, -0.1) is 24.0 Å². The highest BCUT2D eigenvalue weighted by molar-refractivity contribution is 14.0. The molecular formula is C16H26IN3S. The third kappa shape index (κ3) is 6.46. The Morgan fingerprint density at radius 1 is 1.29 bits per heavy atom. The molecule has 1 aliphatic rings. The Morgan fingerprint density at radius 2 is 2.00 bits per heavy atom. The minimum atomic E-state index is 0. The molecule has 1 aliphatic carbocycles. The quantitative estimate of drug-likeness (QED) is 0.335. The summed E-state index contributed by atoms with van der Waals surface area (Å²) in [4.78, 5) is 4.38. The van der Waals surface area contributed by atoms with Crippen LogP contribution in [0.3, 0.4) is 0 Å². The van der Waals surface area contributed by atoms with Crippen LogP contribution in [0.4, 0.5) is 5.69 Å². The van der Waals surface area contributed by atoms with E-state index in [0.29, 0.717) is 5.96 Å². The average Bonchev–Trinajstić information content (AvgIpc) is 2.81. The molecule has 5 heteroatoms. The van der Waals surface area contributed by atoms with Crippen LogP contribution in [0.5, 0.6) is 0 Å². The van der Waals surface area contributed by atoms with Crippen molar-refractivity contribution in [2.45, 2.75) is 44.8 Å². The van der Waals surface area contributed by atoms with Gasteiger partial charge in [0.2, 0.25) is 0 Å². The molecule has 0 heterocycles. The Balaban J connectivity index is 0.00000220. The lowest BCUT2D eigenvalue weighted by molar-refractivity contribution is 0.802. The number of nitrogens with one attached hydrogen (secondary N) is 1. The predicted octanol–water partition coefficient (Wildman–Crippen LogP) is 4.05. The van der Waals surface area contributed by atoms with Crippen molar-refractivity contribution < 1.29 is 0 Å². The van der Waals surface area contributed by atoms with Crippen molar-refractivity contribution in [2.24, 2.45) is 10.7 Å². The molecule has 0 aliphatic heterocycles. The van der Waals surface area contributed by atoms with Gasteiger partial charge in [0.15, 0.2) is 5.96 Å². The van der Waals surface area contributed by atoms with Crippen LogP contribution in [0.15, 0.2) is 23.2 Å². The molecule has 0 fully saturated rings. The molecule has 118 valence electrons. The second kappa shape index (κ2) is 8.27. The van der Waals surface area contributed by atoms with Crippen molar-refractivity contribution in [3.8, 4) is 0 Å². The van der Waals surface area contributed by atoms with Gasteiger partial charge in [-0.25, -0.2) is 0 Å². The number of hydrogen-bond acceptors (Lipinski definition) is 2. The summed E-state index contributed by atoms with van der Waals surface area (Å²) >= 11 is 1.91. The lowest BCUT2D eigenvalue weighted by Crippen LogP contribution is -2.23. The highest BCUT2D eigenvalue weighted by atomic mass is 127. The van der Waals surface area contributed by atoms with E-state index in [9.17, 15) is 0 Å². The van der Waals surface area contributed by atoms with Crippen LogP contribution in [0.25, 0.3) is 0 Å². The maximum Gasteiger partial charge on any atom is 0.193 e. The van der Waals surface area contributed by atoms with Crippen LogP contribution in [0, 0.1) is 0 Å². The molecule has 1 aromatic carbocycles. The Labute approximate surface area is 149 Å². The molecule has 0 atom stereocenters. The Hall–Kier alpha value is -0.430. The van der Waals surface area contributed by atoms with Gasteiger partial charge in [-0.05, 0) is 42.5 Å². The monoisotopic (exact) mass is 419 g/mol. The summed E-state index contributed by atoms with van der Waals surface area (Å²) in [5.74, 6) is 1.51. The molecule has 0 amide bonds. The first-order valence-corrected chi connectivity index (χ1v) is 8.25. The maximum absolute atomic E-state index is 5.93. The number of hydrogen-bond donors (Lipinski definition) is 2. The Bertz CT molecular complexity index is 495. The van der Waals surface area contributed by atoms with E-state index < -0.39 is 0 Å². The number of aliphatic imine (C=N–C) groups is 1.